The maximum atomic E-state index is 10.3. The fourth-order valence-corrected chi connectivity index (χ4v) is 2.05. The summed E-state index contributed by atoms with van der Waals surface area (Å²) in [6.45, 7) is 1.64. The average molecular weight is 232 g/mol. The van der Waals surface area contributed by atoms with Crippen LogP contribution in [0, 0.1) is 6.92 Å². The van der Waals surface area contributed by atoms with E-state index in [1.54, 1.807) is 6.92 Å². The number of aliphatic carboxylic acids is 1. The van der Waals surface area contributed by atoms with Gasteiger partial charge in [-0.15, -0.1) is 0 Å². The van der Waals surface area contributed by atoms with E-state index in [4.69, 9.17) is 10.8 Å². The summed E-state index contributed by atoms with van der Waals surface area (Å²) < 4.78 is 0. The highest BCUT2D eigenvalue weighted by Gasteiger charge is 2.24. The van der Waals surface area contributed by atoms with Crippen molar-refractivity contribution in [2.24, 2.45) is 0 Å². The number of carbonyl (C=O) groups is 1. The average Bonchev–Trinajstić information content (AvgIpc) is 2.42. The molecule has 15 heavy (non-hydrogen) atoms. The number of aliphatic hydroxyl groups excluding tert-OH is 2. The molecular weight excluding hydrogens is 220 g/mol. The van der Waals surface area contributed by atoms with E-state index in [-0.39, 0.29) is 5.13 Å². The molecule has 7 heteroatoms. The molecule has 0 amide bonds. The molecule has 0 saturated carbocycles. The number of hydrogen-bond acceptors (Lipinski definition) is 6. The van der Waals surface area contributed by atoms with Crippen LogP contribution in [0.5, 0.6) is 0 Å². The number of anilines is 1. The van der Waals surface area contributed by atoms with E-state index in [1.165, 1.54) is 0 Å². The Hall–Kier alpha value is -1.18. The first-order valence-electron chi connectivity index (χ1n) is 4.22. The van der Waals surface area contributed by atoms with E-state index < -0.39 is 24.6 Å². The van der Waals surface area contributed by atoms with Crippen LogP contribution in [-0.2, 0) is 4.79 Å². The SMILES string of the molecule is Cc1nc(N)sc1C(O)C(O)CC(=O)O. The van der Waals surface area contributed by atoms with Crippen LogP contribution in [0.3, 0.4) is 0 Å². The Balaban J connectivity index is 2.79. The van der Waals surface area contributed by atoms with E-state index in [0.717, 1.165) is 11.3 Å². The Bertz CT molecular complexity index is 366. The van der Waals surface area contributed by atoms with Crippen molar-refractivity contribution < 1.29 is 20.1 Å². The number of rotatable bonds is 4. The number of carboxylic acid groups (broad SMARTS) is 1. The molecule has 0 spiro atoms. The highest BCUT2D eigenvalue weighted by Crippen LogP contribution is 2.29. The minimum absolute atomic E-state index is 0.282. The normalized spacial score (nSPS) is 14.9. The Morgan fingerprint density at radius 2 is 2.20 bits per heavy atom. The van der Waals surface area contributed by atoms with Gasteiger partial charge in [-0.2, -0.15) is 0 Å². The van der Waals surface area contributed by atoms with Crippen molar-refractivity contribution in [1.29, 1.82) is 0 Å². The second-order valence-electron chi connectivity index (χ2n) is 3.11. The first-order chi connectivity index (χ1) is 6.91. The molecule has 84 valence electrons. The molecule has 2 unspecified atom stereocenters. The third-order valence-corrected chi connectivity index (χ3v) is 2.92. The molecule has 0 bridgehead atoms. The third-order valence-electron chi connectivity index (χ3n) is 1.87. The van der Waals surface area contributed by atoms with Crippen LogP contribution >= 0.6 is 11.3 Å². The number of nitrogens with two attached hydrogens (primary N) is 1. The molecule has 2 atom stereocenters. The Labute approximate surface area is 90.0 Å². The summed E-state index contributed by atoms with van der Waals surface area (Å²) in [5.41, 5.74) is 5.93. The molecule has 0 aliphatic carbocycles. The summed E-state index contributed by atoms with van der Waals surface area (Å²) in [5.74, 6) is -1.17. The number of aryl methyl sites for hydroxylation is 1. The van der Waals surface area contributed by atoms with Gasteiger partial charge in [-0.3, -0.25) is 4.79 Å². The molecule has 0 saturated heterocycles. The number of nitrogens with zero attached hydrogens (tertiary/aromatic N) is 1. The monoisotopic (exact) mass is 232 g/mol. The van der Waals surface area contributed by atoms with E-state index in [2.05, 4.69) is 4.98 Å². The standard InChI is InChI=1S/C8H12N2O4S/c1-3-7(15-8(9)10-3)6(14)4(11)2-5(12)13/h4,6,11,14H,2H2,1H3,(H2,9,10)(H,12,13). The summed E-state index contributed by atoms with van der Waals surface area (Å²) in [6.07, 6.45) is -3.12. The van der Waals surface area contributed by atoms with Gasteiger partial charge in [0, 0.05) is 0 Å². The van der Waals surface area contributed by atoms with Crippen LogP contribution in [0.1, 0.15) is 23.1 Å². The molecule has 0 radical (unpaired) electrons. The lowest BCUT2D eigenvalue weighted by molar-refractivity contribution is -0.141. The van der Waals surface area contributed by atoms with Crippen molar-refractivity contribution >= 4 is 22.4 Å². The highest BCUT2D eigenvalue weighted by molar-refractivity contribution is 7.15. The van der Waals surface area contributed by atoms with Gasteiger partial charge >= 0.3 is 5.97 Å². The number of thiazole rings is 1. The largest absolute Gasteiger partial charge is 0.481 e. The van der Waals surface area contributed by atoms with Crippen molar-refractivity contribution in [2.45, 2.75) is 25.6 Å². The van der Waals surface area contributed by atoms with Crippen molar-refractivity contribution in [3.05, 3.63) is 10.6 Å². The minimum atomic E-state index is -1.35. The maximum absolute atomic E-state index is 10.3. The van der Waals surface area contributed by atoms with Crippen LogP contribution in [0.15, 0.2) is 0 Å². The molecule has 0 aliphatic heterocycles. The molecule has 1 rings (SSSR count). The van der Waals surface area contributed by atoms with Gasteiger partial charge in [0.2, 0.25) is 0 Å². The first kappa shape index (κ1) is 11.9. The Morgan fingerprint density at radius 1 is 1.60 bits per heavy atom. The lowest BCUT2D eigenvalue weighted by Gasteiger charge is -2.14. The van der Waals surface area contributed by atoms with Crippen LogP contribution < -0.4 is 5.73 Å². The van der Waals surface area contributed by atoms with Gasteiger partial charge in [0.1, 0.15) is 6.10 Å². The smallest absolute Gasteiger partial charge is 0.306 e. The van der Waals surface area contributed by atoms with E-state index in [9.17, 15) is 15.0 Å². The summed E-state index contributed by atoms with van der Waals surface area (Å²) in [7, 11) is 0. The minimum Gasteiger partial charge on any atom is -0.481 e. The lowest BCUT2D eigenvalue weighted by atomic mass is 10.1. The van der Waals surface area contributed by atoms with Gasteiger partial charge in [0.25, 0.3) is 0 Å². The number of aliphatic hydroxyl groups is 2. The second-order valence-corrected chi connectivity index (χ2v) is 4.17. The Kier molecular flexibility index (Phi) is 3.61. The van der Waals surface area contributed by atoms with Gasteiger partial charge < -0.3 is 21.1 Å². The Morgan fingerprint density at radius 3 is 2.60 bits per heavy atom. The van der Waals surface area contributed by atoms with Crippen molar-refractivity contribution in [3.8, 4) is 0 Å². The van der Waals surface area contributed by atoms with E-state index in [1.807, 2.05) is 0 Å². The zero-order valence-electron chi connectivity index (χ0n) is 8.04. The molecule has 0 fully saturated rings. The quantitative estimate of drug-likeness (QED) is 0.576. The number of nitrogen functional groups attached to an aromatic ring is 1. The van der Waals surface area contributed by atoms with Crippen LogP contribution in [-0.4, -0.2) is 32.4 Å². The van der Waals surface area contributed by atoms with Crippen molar-refractivity contribution in [2.75, 3.05) is 5.73 Å². The summed E-state index contributed by atoms with van der Waals surface area (Å²) >= 11 is 1.04. The van der Waals surface area contributed by atoms with Gasteiger partial charge in [-0.05, 0) is 6.92 Å². The summed E-state index contributed by atoms with van der Waals surface area (Å²) in [6, 6.07) is 0. The zero-order chi connectivity index (χ0) is 11.6. The fourth-order valence-electron chi connectivity index (χ4n) is 1.17. The summed E-state index contributed by atoms with van der Waals surface area (Å²) in [4.78, 5) is 14.6. The highest BCUT2D eigenvalue weighted by atomic mass is 32.1. The first-order valence-corrected chi connectivity index (χ1v) is 5.04. The molecule has 1 aromatic rings. The molecule has 6 nitrogen and oxygen atoms in total. The van der Waals surface area contributed by atoms with Crippen LogP contribution in [0.2, 0.25) is 0 Å². The molecule has 1 heterocycles. The topological polar surface area (TPSA) is 117 Å². The van der Waals surface area contributed by atoms with Crippen molar-refractivity contribution in [3.63, 3.8) is 0 Å². The van der Waals surface area contributed by atoms with Crippen LogP contribution in [0.4, 0.5) is 5.13 Å². The second kappa shape index (κ2) is 4.56. The number of hydrogen-bond donors (Lipinski definition) is 4. The third kappa shape index (κ3) is 2.88. The molecular formula is C8H12N2O4S. The number of aromatic nitrogens is 1. The summed E-state index contributed by atoms with van der Waals surface area (Å²) in [5, 5.41) is 27.7. The molecule has 1 aromatic heterocycles. The van der Waals surface area contributed by atoms with Gasteiger partial charge in [-0.1, -0.05) is 11.3 Å². The maximum Gasteiger partial charge on any atom is 0.306 e. The predicted octanol–water partition coefficient (Wildman–Crippen LogP) is -0.0973. The van der Waals surface area contributed by atoms with E-state index >= 15 is 0 Å². The van der Waals surface area contributed by atoms with Gasteiger partial charge in [0.15, 0.2) is 5.13 Å². The lowest BCUT2D eigenvalue weighted by Crippen LogP contribution is -2.21. The van der Waals surface area contributed by atoms with E-state index in [0.29, 0.717) is 10.6 Å². The fraction of sp³-hybridized carbons (Fsp3) is 0.500. The number of carboxylic acids is 1. The predicted molar refractivity (Wildman–Crippen MR) is 54.5 cm³/mol. The zero-order valence-corrected chi connectivity index (χ0v) is 8.86. The van der Waals surface area contributed by atoms with Crippen molar-refractivity contribution in [1.82, 2.24) is 4.98 Å². The molecule has 0 aliphatic rings. The molecule has 5 N–H and O–H groups in total. The van der Waals surface area contributed by atoms with Crippen LogP contribution in [0.25, 0.3) is 0 Å². The van der Waals surface area contributed by atoms with Gasteiger partial charge in [-0.25, -0.2) is 4.98 Å². The molecule has 0 aromatic carbocycles. The van der Waals surface area contributed by atoms with Gasteiger partial charge in [0.05, 0.1) is 23.1 Å².